The quantitative estimate of drug-likeness (QED) is 0.728. The second-order valence-corrected chi connectivity index (χ2v) is 4.92. The summed E-state index contributed by atoms with van der Waals surface area (Å²) >= 11 is 0. The molecule has 0 amide bonds. The van der Waals surface area contributed by atoms with Crippen molar-refractivity contribution in [1.82, 2.24) is 0 Å². The van der Waals surface area contributed by atoms with Crippen molar-refractivity contribution < 1.29 is 14.3 Å². The van der Waals surface area contributed by atoms with E-state index in [1.807, 2.05) is 55.5 Å². The molecule has 1 N–H and O–H groups in total. The largest absolute Gasteiger partial charge is 0.478 e. The molecule has 0 saturated carbocycles. The molecule has 0 saturated heterocycles. The zero-order valence-electron chi connectivity index (χ0n) is 11.5. The van der Waals surface area contributed by atoms with Crippen LogP contribution in [0.5, 0.6) is 0 Å². The molecule has 2 aromatic carbocycles. The second-order valence-electron chi connectivity index (χ2n) is 4.92. The lowest BCUT2D eigenvalue weighted by atomic mass is 9.99. The van der Waals surface area contributed by atoms with Gasteiger partial charge in [0.1, 0.15) is 5.76 Å². The molecule has 0 fully saturated rings. The maximum atomic E-state index is 11.2. The van der Waals surface area contributed by atoms with Gasteiger partial charge in [-0.25, -0.2) is 4.79 Å². The zero-order chi connectivity index (χ0) is 14.8. The third kappa shape index (κ3) is 2.58. The molecule has 0 radical (unpaired) electrons. The van der Waals surface area contributed by atoms with Gasteiger partial charge in [-0.05, 0) is 18.6 Å². The highest BCUT2D eigenvalue weighted by molar-refractivity contribution is 6.01. The second kappa shape index (κ2) is 5.29. The van der Waals surface area contributed by atoms with Gasteiger partial charge in [0, 0.05) is 22.4 Å². The Hall–Kier alpha value is -2.81. The first kappa shape index (κ1) is 13.2. The Morgan fingerprint density at radius 1 is 1.14 bits per heavy atom. The number of aryl methyl sites for hydroxylation is 1. The highest BCUT2D eigenvalue weighted by atomic mass is 16.4. The average Bonchev–Trinajstić information content (AvgIpc) is 2.88. The van der Waals surface area contributed by atoms with Crippen LogP contribution >= 0.6 is 0 Å². The van der Waals surface area contributed by atoms with Gasteiger partial charge in [-0.2, -0.15) is 0 Å². The third-order valence-electron chi connectivity index (χ3n) is 3.35. The standard InChI is InChI=1S/C18H14O3/c1-12-7-8-15-14(9-12)11-21-18(15)16(10-17(19)20)13-5-3-2-4-6-13/h2-11H,1H3,(H,19,20). The lowest BCUT2D eigenvalue weighted by Crippen LogP contribution is -1.94. The normalized spacial score (nSPS) is 11.8. The molecule has 21 heavy (non-hydrogen) atoms. The number of carboxylic acids is 1. The lowest BCUT2D eigenvalue weighted by Gasteiger charge is -2.05. The summed E-state index contributed by atoms with van der Waals surface area (Å²) in [4.78, 5) is 11.2. The van der Waals surface area contributed by atoms with E-state index >= 15 is 0 Å². The van der Waals surface area contributed by atoms with Gasteiger partial charge in [0.05, 0.1) is 6.26 Å². The van der Waals surface area contributed by atoms with Gasteiger partial charge in [-0.15, -0.1) is 0 Å². The van der Waals surface area contributed by atoms with E-state index in [9.17, 15) is 4.79 Å². The molecule has 0 bridgehead atoms. The molecule has 0 aliphatic rings. The summed E-state index contributed by atoms with van der Waals surface area (Å²) in [6.07, 6.45) is 2.85. The van der Waals surface area contributed by atoms with E-state index in [1.165, 1.54) is 6.08 Å². The first-order valence-corrected chi connectivity index (χ1v) is 6.63. The fraction of sp³-hybridized carbons (Fsp3) is 0.0556. The van der Waals surface area contributed by atoms with E-state index < -0.39 is 5.97 Å². The van der Waals surface area contributed by atoms with E-state index in [0.717, 1.165) is 21.9 Å². The van der Waals surface area contributed by atoms with Crippen molar-refractivity contribution in [1.29, 1.82) is 0 Å². The molecule has 0 aliphatic carbocycles. The summed E-state index contributed by atoms with van der Waals surface area (Å²) in [6, 6.07) is 15.4. The molecular weight excluding hydrogens is 264 g/mol. The van der Waals surface area contributed by atoms with Crippen molar-refractivity contribution >= 4 is 22.3 Å². The first-order valence-electron chi connectivity index (χ1n) is 6.63. The van der Waals surface area contributed by atoms with Crippen molar-refractivity contribution in [2.45, 2.75) is 6.92 Å². The Morgan fingerprint density at radius 3 is 2.62 bits per heavy atom. The van der Waals surface area contributed by atoms with Crippen molar-refractivity contribution in [2.75, 3.05) is 0 Å². The van der Waals surface area contributed by atoms with Crippen LogP contribution in [0.4, 0.5) is 0 Å². The molecule has 0 spiro atoms. The van der Waals surface area contributed by atoms with Crippen LogP contribution in [-0.4, -0.2) is 11.1 Å². The Labute approximate surface area is 122 Å². The van der Waals surface area contributed by atoms with Gasteiger partial charge in [-0.1, -0.05) is 48.0 Å². The average molecular weight is 278 g/mol. The summed E-state index contributed by atoms with van der Waals surface area (Å²) in [5.74, 6) is -0.413. The molecule has 3 rings (SSSR count). The summed E-state index contributed by atoms with van der Waals surface area (Å²) < 4.78 is 5.66. The fourth-order valence-corrected chi connectivity index (χ4v) is 2.40. The number of rotatable bonds is 3. The van der Waals surface area contributed by atoms with Crippen LogP contribution in [0.3, 0.4) is 0 Å². The number of aliphatic carboxylic acids is 1. The predicted molar refractivity (Wildman–Crippen MR) is 82.1 cm³/mol. The smallest absolute Gasteiger partial charge is 0.329 e. The van der Waals surface area contributed by atoms with E-state index in [-0.39, 0.29) is 0 Å². The van der Waals surface area contributed by atoms with E-state index in [0.29, 0.717) is 11.3 Å². The molecule has 1 heterocycles. The monoisotopic (exact) mass is 278 g/mol. The Kier molecular flexibility index (Phi) is 3.32. The van der Waals surface area contributed by atoms with Gasteiger partial charge in [0.2, 0.25) is 0 Å². The van der Waals surface area contributed by atoms with E-state index in [4.69, 9.17) is 9.52 Å². The Morgan fingerprint density at radius 2 is 1.90 bits per heavy atom. The van der Waals surface area contributed by atoms with E-state index in [1.54, 1.807) is 6.26 Å². The number of hydrogen-bond donors (Lipinski definition) is 1. The SMILES string of the molecule is Cc1ccc2c(C(=CC(=O)O)c3ccccc3)occ2c1. The molecule has 0 aliphatic heterocycles. The molecular formula is C18H14O3. The summed E-state index contributed by atoms with van der Waals surface area (Å²) in [7, 11) is 0. The van der Waals surface area contributed by atoms with Gasteiger partial charge in [-0.3, -0.25) is 0 Å². The van der Waals surface area contributed by atoms with Crippen LogP contribution < -0.4 is 0 Å². The topological polar surface area (TPSA) is 50.4 Å². The predicted octanol–water partition coefficient (Wildman–Crippen LogP) is 4.26. The number of benzene rings is 2. The van der Waals surface area contributed by atoms with Gasteiger partial charge in [0.25, 0.3) is 0 Å². The van der Waals surface area contributed by atoms with Crippen LogP contribution in [0.15, 0.2) is 65.3 Å². The molecule has 0 unspecified atom stereocenters. The minimum atomic E-state index is -0.995. The molecule has 1 aromatic heterocycles. The Bertz CT molecular complexity index is 826. The third-order valence-corrected chi connectivity index (χ3v) is 3.35. The van der Waals surface area contributed by atoms with Crippen LogP contribution in [-0.2, 0) is 4.79 Å². The molecule has 0 atom stereocenters. The number of hydrogen-bond acceptors (Lipinski definition) is 2. The van der Waals surface area contributed by atoms with Crippen LogP contribution in [0.2, 0.25) is 0 Å². The number of carboxylic acid groups (broad SMARTS) is 1. The minimum Gasteiger partial charge on any atom is -0.478 e. The van der Waals surface area contributed by atoms with Crippen LogP contribution in [0.25, 0.3) is 16.3 Å². The Balaban J connectivity index is 2.23. The van der Waals surface area contributed by atoms with Gasteiger partial charge in [0.15, 0.2) is 0 Å². The summed E-state index contributed by atoms with van der Waals surface area (Å²) in [6.45, 7) is 2.01. The lowest BCUT2D eigenvalue weighted by molar-refractivity contribution is -0.131. The fourth-order valence-electron chi connectivity index (χ4n) is 2.40. The van der Waals surface area contributed by atoms with E-state index in [2.05, 4.69) is 0 Å². The first-order chi connectivity index (χ1) is 10.1. The van der Waals surface area contributed by atoms with Crippen molar-refractivity contribution in [3.05, 3.63) is 77.8 Å². The molecule has 104 valence electrons. The van der Waals surface area contributed by atoms with Crippen LogP contribution in [0, 0.1) is 6.92 Å². The maximum absolute atomic E-state index is 11.2. The van der Waals surface area contributed by atoms with Crippen molar-refractivity contribution in [3.63, 3.8) is 0 Å². The number of carbonyl (C=O) groups is 1. The highest BCUT2D eigenvalue weighted by Crippen LogP contribution is 2.31. The van der Waals surface area contributed by atoms with Crippen molar-refractivity contribution in [2.24, 2.45) is 0 Å². The van der Waals surface area contributed by atoms with Crippen molar-refractivity contribution in [3.8, 4) is 0 Å². The summed E-state index contributed by atoms with van der Waals surface area (Å²) in [5, 5.41) is 11.0. The van der Waals surface area contributed by atoms with Gasteiger partial charge < -0.3 is 9.52 Å². The zero-order valence-corrected chi connectivity index (χ0v) is 11.5. The minimum absolute atomic E-state index is 0.571. The molecule has 3 nitrogen and oxygen atoms in total. The maximum Gasteiger partial charge on any atom is 0.329 e. The van der Waals surface area contributed by atoms with Crippen LogP contribution in [0.1, 0.15) is 16.9 Å². The summed E-state index contributed by atoms with van der Waals surface area (Å²) in [5.41, 5.74) is 2.53. The number of furan rings is 1. The van der Waals surface area contributed by atoms with Gasteiger partial charge >= 0.3 is 5.97 Å². The highest BCUT2D eigenvalue weighted by Gasteiger charge is 2.14. The number of fused-ring (bicyclic) bond motifs is 1. The molecule has 3 heteroatoms. The molecule has 3 aromatic rings.